The predicted molar refractivity (Wildman–Crippen MR) is 75.7 cm³/mol. The Hall–Kier alpha value is -1.79. The van der Waals surface area contributed by atoms with E-state index in [1.807, 2.05) is 0 Å². The molecule has 2 aliphatic rings. The minimum atomic E-state index is -1.01. The fourth-order valence-corrected chi connectivity index (χ4v) is 2.71. The lowest BCUT2D eigenvalue weighted by molar-refractivity contribution is -0.141. The van der Waals surface area contributed by atoms with Crippen molar-refractivity contribution in [2.75, 3.05) is 6.54 Å². The fourth-order valence-electron chi connectivity index (χ4n) is 2.71. The van der Waals surface area contributed by atoms with Gasteiger partial charge in [-0.15, -0.1) is 0 Å². The van der Waals surface area contributed by atoms with E-state index >= 15 is 0 Å². The summed E-state index contributed by atoms with van der Waals surface area (Å²) in [6, 6.07) is -1.23. The highest BCUT2D eigenvalue weighted by Crippen LogP contribution is 2.26. The lowest BCUT2D eigenvalue weighted by atomic mass is 9.84. The molecule has 0 spiro atoms. The number of carbonyl (C=O) groups is 3. The molecular formula is C14H23N3O4. The van der Waals surface area contributed by atoms with E-state index in [4.69, 9.17) is 0 Å². The number of aliphatic carboxylic acids is 1. The Morgan fingerprint density at radius 3 is 2.29 bits per heavy atom. The number of carbonyl (C=O) groups excluding carboxylic acids is 2. The van der Waals surface area contributed by atoms with Crippen molar-refractivity contribution in [3.05, 3.63) is 0 Å². The summed E-state index contributed by atoms with van der Waals surface area (Å²) in [4.78, 5) is 34.5. The zero-order valence-electron chi connectivity index (χ0n) is 12.1. The van der Waals surface area contributed by atoms with Crippen LogP contribution in [0.2, 0.25) is 0 Å². The molecule has 3 amide bonds. The smallest absolute Gasteiger partial charge is 0.326 e. The van der Waals surface area contributed by atoms with Gasteiger partial charge in [-0.1, -0.05) is 19.3 Å². The van der Waals surface area contributed by atoms with Crippen molar-refractivity contribution in [3.8, 4) is 0 Å². The number of amides is 3. The highest BCUT2D eigenvalue weighted by Gasteiger charge is 2.30. The van der Waals surface area contributed by atoms with Gasteiger partial charge in [-0.05, 0) is 31.6 Å². The lowest BCUT2D eigenvalue weighted by Gasteiger charge is -2.28. The van der Waals surface area contributed by atoms with E-state index < -0.39 is 18.0 Å². The largest absolute Gasteiger partial charge is 0.480 e. The molecule has 2 rings (SSSR count). The van der Waals surface area contributed by atoms with Gasteiger partial charge in [-0.25, -0.2) is 9.59 Å². The van der Waals surface area contributed by atoms with Gasteiger partial charge < -0.3 is 21.1 Å². The van der Waals surface area contributed by atoms with E-state index in [-0.39, 0.29) is 24.4 Å². The Kier molecular flexibility index (Phi) is 5.41. The van der Waals surface area contributed by atoms with Crippen molar-refractivity contribution in [2.45, 2.75) is 57.0 Å². The maximum absolute atomic E-state index is 11.7. The third kappa shape index (κ3) is 5.24. The van der Waals surface area contributed by atoms with Crippen molar-refractivity contribution in [3.63, 3.8) is 0 Å². The van der Waals surface area contributed by atoms with E-state index in [0.29, 0.717) is 0 Å². The molecule has 118 valence electrons. The molecular weight excluding hydrogens is 274 g/mol. The fraction of sp³-hybridized carbons (Fsp3) is 0.786. The number of hydrogen-bond donors (Lipinski definition) is 4. The summed E-state index contributed by atoms with van der Waals surface area (Å²) in [5, 5.41) is 16.9. The second kappa shape index (κ2) is 7.28. The first-order chi connectivity index (χ1) is 10.1. The number of urea groups is 1. The summed E-state index contributed by atoms with van der Waals surface area (Å²) < 4.78 is 0. The summed E-state index contributed by atoms with van der Waals surface area (Å²) in [5.74, 6) is -1.28. The highest BCUT2D eigenvalue weighted by molar-refractivity contribution is 5.86. The number of hydrogen-bond acceptors (Lipinski definition) is 3. The SMILES string of the molecule is O=C(CNC(=O)NC(C(=O)O)C1CCCCC1)NC1CC1. The number of carboxylic acids is 1. The van der Waals surface area contributed by atoms with E-state index in [9.17, 15) is 19.5 Å². The van der Waals surface area contributed by atoms with Crippen LogP contribution in [0.1, 0.15) is 44.9 Å². The van der Waals surface area contributed by atoms with Crippen LogP contribution in [0.4, 0.5) is 4.79 Å². The van der Waals surface area contributed by atoms with E-state index in [1.54, 1.807) is 0 Å². The Bertz CT molecular complexity index is 403. The molecule has 0 radical (unpaired) electrons. The molecule has 4 N–H and O–H groups in total. The van der Waals surface area contributed by atoms with Crippen LogP contribution in [0.25, 0.3) is 0 Å². The summed E-state index contributed by atoms with van der Waals surface area (Å²) in [6.07, 6.45) is 6.74. The molecule has 2 fully saturated rings. The van der Waals surface area contributed by atoms with Gasteiger partial charge in [0.15, 0.2) is 0 Å². The number of carboxylic acid groups (broad SMARTS) is 1. The molecule has 0 bridgehead atoms. The van der Waals surface area contributed by atoms with Crippen molar-refractivity contribution in [2.24, 2.45) is 5.92 Å². The second-order valence-electron chi connectivity index (χ2n) is 5.88. The zero-order chi connectivity index (χ0) is 15.2. The van der Waals surface area contributed by atoms with Crippen LogP contribution in [0.5, 0.6) is 0 Å². The normalized spacial score (nSPS) is 20.4. The molecule has 1 atom stereocenters. The van der Waals surface area contributed by atoms with Crippen LogP contribution < -0.4 is 16.0 Å². The topological polar surface area (TPSA) is 108 Å². The van der Waals surface area contributed by atoms with Crippen LogP contribution in [0, 0.1) is 5.92 Å². The van der Waals surface area contributed by atoms with Gasteiger partial charge in [0, 0.05) is 6.04 Å². The second-order valence-corrected chi connectivity index (χ2v) is 5.88. The van der Waals surface area contributed by atoms with Gasteiger partial charge in [-0.3, -0.25) is 4.79 Å². The highest BCUT2D eigenvalue weighted by atomic mass is 16.4. The summed E-state index contributed by atoms with van der Waals surface area (Å²) in [7, 11) is 0. The van der Waals surface area contributed by atoms with Crippen LogP contribution in [-0.4, -0.2) is 41.6 Å². The molecule has 7 nitrogen and oxygen atoms in total. The molecule has 0 aromatic carbocycles. The van der Waals surface area contributed by atoms with E-state index in [2.05, 4.69) is 16.0 Å². The lowest BCUT2D eigenvalue weighted by Crippen LogP contribution is -2.51. The zero-order valence-corrected chi connectivity index (χ0v) is 12.1. The molecule has 0 aliphatic heterocycles. The first-order valence-electron chi connectivity index (χ1n) is 7.63. The quantitative estimate of drug-likeness (QED) is 0.575. The molecule has 0 aromatic heterocycles. The Morgan fingerprint density at radius 2 is 1.71 bits per heavy atom. The average molecular weight is 297 g/mol. The minimum Gasteiger partial charge on any atom is -0.480 e. The third-order valence-corrected chi connectivity index (χ3v) is 4.03. The molecule has 21 heavy (non-hydrogen) atoms. The first-order valence-corrected chi connectivity index (χ1v) is 7.63. The van der Waals surface area contributed by atoms with Gasteiger partial charge in [0.2, 0.25) is 5.91 Å². The third-order valence-electron chi connectivity index (χ3n) is 4.03. The van der Waals surface area contributed by atoms with Gasteiger partial charge in [0.25, 0.3) is 0 Å². The van der Waals surface area contributed by atoms with Gasteiger partial charge >= 0.3 is 12.0 Å². The van der Waals surface area contributed by atoms with Crippen LogP contribution in [0.3, 0.4) is 0 Å². The first kappa shape index (κ1) is 15.6. The van der Waals surface area contributed by atoms with E-state index in [0.717, 1.165) is 44.9 Å². The molecule has 7 heteroatoms. The molecule has 0 saturated heterocycles. The molecule has 2 aliphatic carbocycles. The van der Waals surface area contributed by atoms with Crippen molar-refractivity contribution in [1.29, 1.82) is 0 Å². The number of rotatable bonds is 6. The molecule has 0 heterocycles. The van der Waals surface area contributed by atoms with Crippen LogP contribution in [-0.2, 0) is 9.59 Å². The monoisotopic (exact) mass is 297 g/mol. The minimum absolute atomic E-state index is 0.0257. The Morgan fingerprint density at radius 1 is 1.05 bits per heavy atom. The van der Waals surface area contributed by atoms with Crippen molar-refractivity contribution < 1.29 is 19.5 Å². The number of nitrogens with one attached hydrogen (secondary N) is 3. The predicted octanol–water partition coefficient (Wildman–Crippen LogP) is 0.598. The standard InChI is InChI=1S/C14H23N3O4/c18-11(16-10-6-7-10)8-15-14(21)17-12(13(19)20)9-4-2-1-3-5-9/h9-10,12H,1-8H2,(H,16,18)(H,19,20)(H2,15,17,21). The molecule has 2 saturated carbocycles. The van der Waals surface area contributed by atoms with Gasteiger partial charge in [0.1, 0.15) is 6.04 Å². The molecule has 1 unspecified atom stereocenters. The van der Waals surface area contributed by atoms with Crippen LogP contribution in [0.15, 0.2) is 0 Å². The van der Waals surface area contributed by atoms with Gasteiger partial charge in [-0.2, -0.15) is 0 Å². The Labute approximate surface area is 123 Å². The van der Waals surface area contributed by atoms with Crippen molar-refractivity contribution in [1.82, 2.24) is 16.0 Å². The van der Waals surface area contributed by atoms with Crippen molar-refractivity contribution >= 4 is 17.9 Å². The maximum Gasteiger partial charge on any atom is 0.326 e. The Balaban J connectivity index is 1.74. The molecule has 0 aromatic rings. The van der Waals surface area contributed by atoms with E-state index in [1.165, 1.54) is 0 Å². The van der Waals surface area contributed by atoms with Crippen LogP contribution >= 0.6 is 0 Å². The summed E-state index contributed by atoms with van der Waals surface area (Å²) in [5.41, 5.74) is 0. The maximum atomic E-state index is 11.7. The average Bonchev–Trinajstić information content (AvgIpc) is 3.27. The summed E-state index contributed by atoms with van der Waals surface area (Å²) >= 11 is 0. The van der Waals surface area contributed by atoms with Gasteiger partial charge in [0.05, 0.1) is 6.54 Å². The summed E-state index contributed by atoms with van der Waals surface area (Å²) in [6.45, 7) is -0.126.